The highest BCUT2D eigenvalue weighted by Gasteiger charge is 2.17. The van der Waals surface area contributed by atoms with Crippen LogP contribution in [-0.4, -0.2) is 24.1 Å². The van der Waals surface area contributed by atoms with Crippen molar-refractivity contribution in [3.05, 3.63) is 71.3 Å². The van der Waals surface area contributed by atoms with Crippen molar-refractivity contribution in [2.24, 2.45) is 0 Å². The second-order valence-electron chi connectivity index (χ2n) is 6.13. The number of nitrogens with zero attached hydrogens (tertiary/aromatic N) is 5. The number of aromatic nitrogens is 5. The summed E-state index contributed by atoms with van der Waals surface area (Å²) in [7, 11) is 0. The summed E-state index contributed by atoms with van der Waals surface area (Å²) in [5.41, 5.74) is 4.87. The normalized spacial score (nSPS) is 11.6. The lowest BCUT2D eigenvalue weighted by Crippen LogP contribution is -2.02. The Kier molecular flexibility index (Phi) is 3.33. The van der Waals surface area contributed by atoms with E-state index < -0.39 is 0 Å². The van der Waals surface area contributed by atoms with Gasteiger partial charge in [-0.1, -0.05) is 23.7 Å². The van der Waals surface area contributed by atoms with Crippen LogP contribution in [0, 0.1) is 6.92 Å². The second kappa shape index (κ2) is 5.71. The molecule has 0 atom stereocenters. The van der Waals surface area contributed by atoms with Gasteiger partial charge in [0.05, 0.1) is 17.2 Å². The minimum absolute atomic E-state index is 0.571. The van der Waals surface area contributed by atoms with Crippen LogP contribution >= 0.6 is 11.6 Å². The van der Waals surface area contributed by atoms with E-state index in [1.807, 2.05) is 35.6 Å². The van der Waals surface area contributed by atoms with Crippen molar-refractivity contribution in [1.82, 2.24) is 24.1 Å². The van der Waals surface area contributed by atoms with Gasteiger partial charge in [-0.2, -0.15) is 0 Å². The van der Waals surface area contributed by atoms with Crippen LogP contribution in [0.4, 0.5) is 0 Å². The van der Waals surface area contributed by atoms with Crippen molar-refractivity contribution in [2.75, 3.05) is 0 Å². The maximum absolute atomic E-state index is 6.17. The van der Waals surface area contributed by atoms with Crippen LogP contribution in [0.3, 0.4) is 0 Å². The molecule has 0 aliphatic rings. The van der Waals surface area contributed by atoms with Crippen LogP contribution in [0.1, 0.15) is 11.4 Å². The minimum Gasteiger partial charge on any atom is -0.443 e. The fourth-order valence-corrected chi connectivity index (χ4v) is 3.57. The third-order valence-corrected chi connectivity index (χ3v) is 4.71. The third-order valence-electron chi connectivity index (χ3n) is 4.48. The maximum Gasteiger partial charge on any atom is 0.243 e. The first kappa shape index (κ1) is 15.2. The predicted molar refractivity (Wildman–Crippen MR) is 99.3 cm³/mol. The van der Waals surface area contributed by atoms with Crippen molar-refractivity contribution in [1.29, 1.82) is 0 Å². The minimum atomic E-state index is 0.571. The quantitative estimate of drug-likeness (QED) is 0.478. The number of oxazole rings is 1. The molecule has 26 heavy (non-hydrogen) atoms. The molecule has 6 nitrogen and oxygen atoms in total. The molecule has 0 fully saturated rings. The van der Waals surface area contributed by atoms with Crippen LogP contribution < -0.4 is 0 Å². The molecule has 4 aromatic heterocycles. The first-order chi connectivity index (χ1) is 12.7. The van der Waals surface area contributed by atoms with Crippen LogP contribution in [0.25, 0.3) is 28.3 Å². The van der Waals surface area contributed by atoms with Gasteiger partial charge in [-0.15, -0.1) is 10.2 Å². The second-order valence-corrected chi connectivity index (χ2v) is 6.56. The van der Waals surface area contributed by atoms with E-state index in [-0.39, 0.29) is 0 Å². The number of benzene rings is 1. The molecule has 0 aliphatic carbocycles. The van der Waals surface area contributed by atoms with Gasteiger partial charge in [-0.3, -0.25) is 4.40 Å². The summed E-state index contributed by atoms with van der Waals surface area (Å²) in [6, 6.07) is 13.9. The molecule has 0 unspecified atom stereocenters. The largest absolute Gasteiger partial charge is 0.443 e. The topological polar surface area (TPSA) is 61.2 Å². The van der Waals surface area contributed by atoms with Crippen molar-refractivity contribution in [2.45, 2.75) is 13.5 Å². The van der Waals surface area contributed by atoms with Gasteiger partial charge in [-0.05, 0) is 42.8 Å². The number of halogens is 1. The Morgan fingerprint density at radius 3 is 2.81 bits per heavy atom. The van der Waals surface area contributed by atoms with E-state index in [1.165, 1.54) is 0 Å². The lowest BCUT2D eigenvalue weighted by molar-refractivity contribution is 0.567. The molecule has 1 aromatic carbocycles. The standard InChI is InChI=1S/C19H14ClN5O/c1-12-22-23-18-6-5-15-16(25(12)18)10-17(19-21-7-8-26-19)24(15)11-13-3-2-4-14(20)9-13/h2-10H,11H2,1H3. The van der Waals surface area contributed by atoms with Crippen LogP contribution in [0.15, 0.2) is 59.3 Å². The zero-order valence-electron chi connectivity index (χ0n) is 13.9. The zero-order chi connectivity index (χ0) is 17.7. The molecule has 5 aromatic rings. The van der Waals surface area contributed by atoms with Gasteiger partial charge < -0.3 is 8.98 Å². The summed E-state index contributed by atoms with van der Waals surface area (Å²) < 4.78 is 9.79. The Hall–Kier alpha value is -3.12. The van der Waals surface area contributed by atoms with Gasteiger partial charge >= 0.3 is 0 Å². The van der Waals surface area contributed by atoms with E-state index in [0.29, 0.717) is 17.5 Å². The Labute approximate surface area is 153 Å². The summed E-state index contributed by atoms with van der Waals surface area (Å²) >= 11 is 6.17. The predicted octanol–water partition coefficient (Wildman–Crippen LogP) is 4.35. The SMILES string of the molecule is Cc1nnc2ccc3c(cc(-c4ncco4)n3Cc3cccc(Cl)c3)n12. The van der Waals surface area contributed by atoms with Crippen molar-refractivity contribution < 1.29 is 4.42 Å². The molecule has 0 saturated carbocycles. The van der Waals surface area contributed by atoms with E-state index in [2.05, 4.69) is 37.9 Å². The van der Waals surface area contributed by atoms with E-state index in [9.17, 15) is 0 Å². The fourth-order valence-electron chi connectivity index (χ4n) is 3.36. The van der Waals surface area contributed by atoms with Gasteiger partial charge in [0.25, 0.3) is 0 Å². The van der Waals surface area contributed by atoms with Crippen molar-refractivity contribution in [3.63, 3.8) is 0 Å². The highest BCUT2D eigenvalue weighted by molar-refractivity contribution is 6.30. The van der Waals surface area contributed by atoms with Crippen molar-refractivity contribution >= 4 is 28.3 Å². The number of pyridine rings is 1. The molecule has 0 radical (unpaired) electrons. The molecule has 7 heteroatoms. The Bertz CT molecular complexity index is 1240. The van der Waals surface area contributed by atoms with Crippen LogP contribution in [0.2, 0.25) is 5.02 Å². The number of hydrogen-bond acceptors (Lipinski definition) is 4. The van der Waals surface area contributed by atoms with E-state index in [0.717, 1.165) is 33.8 Å². The first-order valence-corrected chi connectivity index (χ1v) is 8.57. The first-order valence-electron chi connectivity index (χ1n) is 8.19. The summed E-state index contributed by atoms with van der Waals surface area (Å²) in [5.74, 6) is 1.41. The zero-order valence-corrected chi connectivity index (χ0v) is 14.7. The fraction of sp³-hybridized carbons (Fsp3) is 0.105. The number of hydrogen-bond donors (Lipinski definition) is 0. The molecular weight excluding hydrogens is 350 g/mol. The Morgan fingerprint density at radius 2 is 2.00 bits per heavy atom. The number of fused-ring (bicyclic) bond motifs is 3. The van der Waals surface area contributed by atoms with E-state index in [1.54, 1.807) is 12.5 Å². The molecule has 0 spiro atoms. The van der Waals surface area contributed by atoms with E-state index >= 15 is 0 Å². The molecule has 128 valence electrons. The molecule has 0 bridgehead atoms. The average molecular weight is 364 g/mol. The summed E-state index contributed by atoms with van der Waals surface area (Å²) in [5, 5.41) is 9.12. The number of aryl methyl sites for hydroxylation is 1. The molecule has 0 aliphatic heterocycles. The van der Waals surface area contributed by atoms with Crippen LogP contribution in [-0.2, 0) is 6.54 Å². The molecule has 0 saturated heterocycles. The molecule has 4 heterocycles. The average Bonchev–Trinajstić information content (AvgIpc) is 3.34. The van der Waals surface area contributed by atoms with Crippen molar-refractivity contribution in [3.8, 4) is 11.6 Å². The molecule has 0 amide bonds. The Morgan fingerprint density at radius 1 is 1.08 bits per heavy atom. The third kappa shape index (κ3) is 2.30. The monoisotopic (exact) mass is 363 g/mol. The van der Waals surface area contributed by atoms with Gasteiger partial charge in [0.15, 0.2) is 5.65 Å². The van der Waals surface area contributed by atoms with Gasteiger partial charge in [0.1, 0.15) is 17.8 Å². The lowest BCUT2D eigenvalue weighted by atomic mass is 10.2. The molecule has 5 rings (SSSR count). The summed E-state index contributed by atoms with van der Waals surface area (Å²) in [6.07, 6.45) is 3.23. The smallest absolute Gasteiger partial charge is 0.243 e. The molecule has 0 N–H and O–H groups in total. The van der Waals surface area contributed by atoms with Gasteiger partial charge in [-0.25, -0.2) is 4.98 Å². The Balaban J connectivity index is 1.80. The van der Waals surface area contributed by atoms with Crippen LogP contribution in [0.5, 0.6) is 0 Å². The summed E-state index contributed by atoms with van der Waals surface area (Å²) in [6.45, 7) is 2.59. The number of rotatable bonds is 3. The van der Waals surface area contributed by atoms with Gasteiger partial charge in [0, 0.05) is 11.6 Å². The highest BCUT2D eigenvalue weighted by Crippen LogP contribution is 2.29. The maximum atomic E-state index is 6.17. The summed E-state index contributed by atoms with van der Waals surface area (Å²) in [4.78, 5) is 4.34. The molecular formula is C19H14ClN5O. The highest BCUT2D eigenvalue weighted by atomic mass is 35.5. The van der Waals surface area contributed by atoms with Gasteiger partial charge in [0.2, 0.25) is 5.89 Å². The lowest BCUT2D eigenvalue weighted by Gasteiger charge is -2.10. The van der Waals surface area contributed by atoms with E-state index in [4.69, 9.17) is 16.0 Å².